The number of hydrogen-bond acceptors (Lipinski definition) is 5. The van der Waals surface area contributed by atoms with Crippen molar-refractivity contribution in [1.29, 1.82) is 0 Å². The number of carbonyl (C=O) groups is 1. The van der Waals surface area contributed by atoms with Crippen LogP contribution in [0, 0.1) is 0 Å². The molecule has 0 aliphatic heterocycles. The summed E-state index contributed by atoms with van der Waals surface area (Å²) in [6.07, 6.45) is 0.718. The minimum Gasteiger partial charge on any atom is -0.430 e. The SMILES string of the molecule is CC(O)CNCCNC(=O)c1ccc(=O)oc1. The molecule has 1 heterocycles. The van der Waals surface area contributed by atoms with Crippen molar-refractivity contribution in [3.63, 3.8) is 0 Å². The summed E-state index contributed by atoms with van der Waals surface area (Å²) < 4.78 is 4.57. The summed E-state index contributed by atoms with van der Waals surface area (Å²) >= 11 is 0. The van der Waals surface area contributed by atoms with Crippen LogP contribution in [-0.4, -0.2) is 36.8 Å². The number of rotatable bonds is 6. The van der Waals surface area contributed by atoms with Crippen LogP contribution in [0.3, 0.4) is 0 Å². The lowest BCUT2D eigenvalue weighted by molar-refractivity contribution is 0.0951. The number of nitrogens with one attached hydrogen (secondary N) is 2. The molecule has 0 aliphatic carbocycles. The maximum atomic E-state index is 11.5. The fourth-order valence-corrected chi connectivity index (χ4v) is 1.16. The van der Waals surface area contributed by atoms with E-state index in [2.05, 4.69) is 15.1 Å². The number of aliphatic hydroxyl groups excluding tert-OH is 1. The molecule has 0 spiro atoms. The molecule has 17 heavy (non-hydrogen) atoms. The van der Waals surface area contributed by atoms with Crippen LogP contribution in [0.2, 0.25) is 0 Å². The lowest BCUT2D eigenvalue weighted by atomic mass is 10.3. The fraction of sp³-hybridized carbons (Fsp3) is 0.455. The first-order chi connectivity index (χ1) is 8.09. The van der Waals surface area contributed by atoms with Gasteiger partial charge in [0.25, 0.3) is 5.91 Å². The van der Waals surface area contributed by atoms with Gasteiger partial charge in [-0.15, -0.1) is 0 Å². The Labute approximate surface area is 98.6 Å². The molecule has 1 rings (SSSR count). The first kappa shape index (κ1) is 13.4. The van der Waals surface area contributed by atoms with E-state index in [0.29, 0.717) is 25.2 Å². The van der Waals surface area contributed by atoms with Gasteiger partial charge in [0, 0.05) is 25.7 Å². The molecule has 1 unspecified atom stereocenters. The van der Waals surface area contributed by atoms with Gasteiger partial charge in [-0.2, -0.15) is 0 Å². The lowest BCUT2D eigenvalue weighted by Crippen LogP contribution is -2.34. The number of amides is 1. The van der Waals surface area contributed by atoms with Gasteiger partial charge in [0.1, 0.15) is 6.26 Å². The van der Waals surface area contributed by atoms with Crippen LogP contribution < -0.4 is 16.3 Å². The third kappa shape index (κ3) is 5.28. The predicted octanol–water partition coefficient (Wildman–Crippen LogP) is -0.660. The molecule has 6 heteroatoms. The largest absolute Gasteiger partial charge is 0.430 e. The van der Waals surface area contributed by atoms with Crippen LogP contribution >= 0.6 is 0 Å². The minimum absolute atomic E-state index is 0.299. The molecule has 1 amide bonds. The molecule has 0 fully saturated rings. The maximum absolute atomic E-state index is 11.5. The molecule has 1 aromatic heterocycles. The summed E-state index contributed by atoms with van der Waals surface area (Å²) in [6.45, 7) is 3.16. The van der Waals surface area contributed by atoms with Crippen molar-refractivity contribution in [3.05, 3.63) is 34.4 Å². The smallest absolute Gasteiger partial charge is 0.335 e. The molecule has 6 nitrogen and oxygen atoms in total. The van der Waals surface area contributed by atoms with Gasteiger partial charge in [-0.1, -0.05) is 0 Å². The van der Waals surface area contributed by atoms with E-state index in [1.807, 2.05) is 0 Å². The van der Waals surface area contributed by atoms with Crippen molar-refractivity contribution < 1.29 is 14.3 Å². The first-order valence-corrected chi connectivity index (χ1v) is 5.35. The van der Waals surface area contributed by atoms with Crippen LogP contribution in [0.4, 0.5) is 0 Å². The fourth-order valence-electron chi connectivity index (χ4n) is 1.16. The van der Waals surface area contributed by atoms with Crippen LogP contribution in [0.1, 0.15) is 17.3 Å². The molecule has 0 saturated carbocycles. The Bertz CT molecular complexity index is 394. The van der Waals surface area contributed by atoms with Crippen molar-refractivity contribution in [2.75, 3.05) is 19.6 Å². The second-order valence-corrected chi connectivity index (χ2v) is 3.65. The summed E-state index contributed by atoms with van der Waals surface area (Å²) in [5, 5.41) is 14.6. The third-order valence-electron chi connectivity index (χ3n) is 1.99. The van der Waals surface area contributed by atoms with Gasteiger partial charge in [-0.3, -0.25) is 4.79 Å². The molecule has 0 aliphatic rings. The van der Waals surface area contributed by atoms with E-state index in [0.717, 1.165) is 6.26 Å². The van der Waals surface area contributed by atoms with Crippen LogP contribution in [0.15, 0.2) is 27.6 Å². The highest BCUT2D eigenvalue weighted by molar-refractivity contribution is 5.93. The summed E-state index contributed by atoms with van der Waals surface area (Å²) in [6, 6.07) is 2.60. The Hall–Kier alpha value is -1.66. The van der Waals surface area contributed by atoms with Gasteiger partial charge in [-0.25, -0.2) is 4.79 Å². The summed E-state index contributed by atoms with van der Waals surface area (Å²) in [5.41, 5.74) is -0.180. The minimum atomic E-state index is -0.486. The summed E-state index contributed by atoms with van der Waals surface area (Å²) in [7, 11) is 0. The van der Waals surface area contributed by atoms with E-state index >= 15 is 0 Å². The molecule has 0 saturated heterocycles. The Morgan fingerprint density at radius 1 is 1.47 bits per heavy atom. The Morgan fingerprint density at radius 3 is 2.82 bits per heavy atom. The molecule has 94 valence electrons. The highest BCUT2D eigenvalue weighted by Crippen LogP contribution is 1.93. The van der Waals surface area contributed by atoms with E-state index in [1.54, 1.807) is 6.92 Å². The molecular formula is C11H16N2O4. The second-order valence-electron chi connectivity index (χ2n) is 3.65. The third-order valence-corrected chi connectivity index (χ3v) is 1.99. The molecule has 0 bridgehead atoms. The van der Waals surface area contributed by atoms with Crippen molar-refractivity contribution in [1.82, 2.24) is 10.6 Å². The zero-order chi connectivity index (χ0) is 12.7. The molecule has 0 radical (unpaired) electrons. The standard InChI is InChI=1S/C11H16N2O4/c1-8(14)6-12-4-5-13-11(16)9-2-3-10(15)17-7-9/h2-3,7-8,12,14H,4-6H2,1H3,(H,13,16). The highest BCUT2D eigenvalue weighted by atomic mass is 16.4. The molecule has 0 aromatic carbocycles. The maximum Gasteiger partial charge on any atom is 0.335 e. The highest BCUT2D eigenvalue weighted by Gasteiger charge is 2.05. The van der Waals surface area contributed by atoms with Crippen molar-refractivity contribution in [2.24, 2.45) is 0 Å². The van der Waals surface area contributed by atoms with Crippen molar-refractivity contribution >= 4 is 5.91 Å². The summed E-state index contributed by atoms with van der Waals surface area (Å²) in [4.78, 5) is 22.2. The topological polar surface area (TPSA) is 91.6 Å². The van der Waals surface area contributed by atoms with Gasteiger partial charge < -0.3 is 20.2 Å². The normalized spacial score (nSPS) is 12.1. The molecular weight excluding hydrogens is 224 g/mol. The monoisotopic (exact) mass is 240 g/mol. The van der Waals surface area contributed by atoms with Gasteiger partial charge in [0.05, 0.1) is 11.7 Å². The average Bonchev–Trinajstić information content (AvgIpc) is 2.29. The number of aliphatic hydroxyl groups is 1. The van der Waals surface area contributed by atoms with E-state index in [9.17, 15) is 9.59 Å². The van der Waals surface area contributed by atoms with E-state index in [1.165, 1.54) is 12.1 Å². The number of carbonyl (C=O) groups excluding carboxylic acids is 1. The lowest BCUT2D eigenvalue weighted by Gasteiger charge is -2.07. The molecule has 3 N–H and O–H groups in total. The molecule has 1 atom stereocenters. The van der Waals surface area contributed by atoms with Crippen LogP contribution in [-0.2, 0) is 0 Å². The van der Waals surface area contributed by atoms with Crippen molar-refractivity contribution in [3.8, 4) is 0 Å². The number of hydrogen-bond donors (Lipinski definition) is 3. The quantitative estimate of drug-likeness (QED) is 0.574. The van der Waals surface area contributed by atoms with Crippen molar-refractivity contribution in [2.45, 2.75) is 13.0 Å². The van der Waals surface area contributed by atoms with Gasteiger partial charge >= 0.3 is 5.63 Å². The average molecular weight is 240 g/mol. The van der Waals surface area contributed by atoms with E-state index < -0.39 is 11.7 Å². The van der Waals surface area contributed by atoms with Gasteiger partial charge in [0.15, 0.2) is 0 Å². The van der Waals surface area contributed by atoms with E-state index in [-0.39, 0.29) is 5.91 Å². The Balaban J connectivity index is 2.26. The molecule has 1 aromatic rings. The van der Waals surface area contributed by atoms with Gasteiger partial charge in [0.2, 0.25) is 0 Å². The Kier molecular flexibility index (Phi) is 5.38. The Morgan fingerprint density at radius 2 is 2.24 bits per heavy atom. The second kappa shape index (κ2) is 6.82. The van der Waals surface area contributed by atoms with Crippen LogP contribution in [0.5, 0.6) is 0 Å². The van der Waals surface area contributed by atoms with Gasteiger partial charge in [-0.05, 0) is 13.0 Å². The van der Waals surface area contributed by atoms with Crippen LogP contribution in [0.25, 0.3) is 0 Å². The predicted molar refractivity (Wildman–Crippen MR) is 61.9 cm³/mol. The zero-order valence-electron chi connectivity index (χ0n) is 9.60. The zero-order valence-corrected chi connectivity index (χ0v) is 9.60. The first-order valence-electron chi connectivity index (χ1n) is 5.35. The van der Waals surface area contributed by atoms with E-state index in [4.69, 9.17) is 5.11 Å². The summed E-state index contributed by atoms with van der Waals surface area (Å²) in [5.74, 6) is -0.299.